The maximum atomic E-state index is 5.87. The smallest absolute Gasteiger partial charge is 0.265 e. The summed E-state index contributed by atoms with van der Waals surface area (Å²) in [6, 6.07) is 0. The third kappa shape index (κ3) is 0.625. The van der Waals surface area contributed by atoms with Crippen molar-refractivity contribution in [1.29, 1.82) is 0 Å². The molecule has 0 saturated carbocycles. The van der Waals surface area contributed by atoms with Crippen LogP contribution in [0.2, 0.25) is 5.02 Å². The van der Waals surface area contributed by atoms with Gasteiger partial charge in [0.1, 0.15) is 0 Å². The predicted octanol–water partition coefficient (Wildman–Crippen LogP) is 2.46. The number of aromatic nitrogens is 1. The van der Waals surface area contributed by atoms with Crippen molar-refractivity contribution in [1.82, 2.24) is 4.98 Å². The van der Waals surface area contributed by atoms with Crippen LogP contribution in [-0.2, 0) is 0 Å². The maximum absolute atomic E-state index is 5.87. The lowest BCUT2D eigenvalue weighted by Gasteiger charge is -1.93. The van der Waals surface area contributed by atoms with Gasteiger partial charge in [-0.25, -0.2) is 4.98 Å². The highest BCUT2D eigenvalue weighted by Crippen LogP contribution is 2.50. The summed E-state index contributed by atoms with van der Waals surface area (Å²) in [5, 5.41) is 0.711. The highest BCUT2D eigenvalue weighted by molar-refractivity contribution is 6.33. The standard InChI is InChI=1S/C7H6ClNO/c1-3-4(2)9-7-6(10-7)5(3)8/h1-2H3. The molecule has 2 rings (SSSR count). The van der Waals surface area contributed by atoms with E-state index in [1.54, 1.807) is 0 Å². The van der Waals surface area contributed by atoms with E-state index < -0.39 is 0 Å². The van der Waals surface area contributed by atoms with Gasteiger partial charge in [-0.1, -0.05) is 11.6 Å². The molecule has 0 aliphatic carbocycles. The second kappa shape index (κ2) is 1.64. The molecule has 1 aromatic rings. The van der Waals surface area contributed by atoms with Crippen LogP contribution in [0, 0.1) is 13.8 Å². The first-order valence-corrected chi connectivity index (χ1v) is 3.42. The zero-order chi connectivity index (χ0) is 7.30. The molecule has 3 heteroatoms. The van der Waals surface area contributed by atoms with Crippen molar-refractivity contribution in [3.8, 4) is 11.6 Å². The van der Waals surface area contributed by atoms with Gasteiger partial charge in [0.05, 0.1) is 5.02 Å². The van der Waals surface area contributed by atoms with Crippen molar-refractivity contribution in [3.63, 3.8) is 0 Å². The molecule has 2 heterocycles. The van der Waals surface area contributed by atoms with E-state index in [4.69, 9.17) is 16.3 Å². The Morgan fingerprint density at radius 1 is 1.40 bits per heavy atom. The number of nitrogens with zero attached hydrogens (tertiary/aromatic N) is 1. The molecule has 0 spiro atoms. The Kier molecular flexibility index (Phi) is 0.980. The first kappa shape index (κ1) is 5.98. The van der Waals surface area contributed by atoms with E-state index in [9.17, 15) is 0 Å². The van der Waals surface area contributed by atoms with Crippen molar-refractivity contribution in [2.75, 3.05) is 0 Å². The molecule has 52 valence electrons. The zero-order valence-corrected chi connectivity index (χ0v) is 6.49. The van der Waals surface area contributed by atoms with Gasteiger partial charge in [-0.3, -0.25) is 0 Å². The molecule has 0 bridgehead atoms. The Hall–Kier alpha value is -0.760. The number of halogens is 1. The quantitative estimate of drug-likeness (QED) is 0.546. The second-order valence-corrected chi connectivity index (χ2v) is 2.75. The van der Waals surface area contributed by atoms with Gasteiger partial charge in [0, 0.05) is 5.69 Å². The maximum Gasteiger partial charge on any atom is 0.265 e. The summed E-state index contributed by atoms with van der Waals surface area (Å²) in [5.74, 6) is 1.44. The van der Waals surface area contributed by atoms with Crippen molar-refractivity contribution < 1.29 is 4.74 Å². The molecule has 1 aliphatic rings. The molecule has 2 nitrogen and oxygen atoms in total. The SMILES string of the molecule is Cc1nc2c(c(Cl)c1C)O2. The van der Waals surface area contributed by atoms with Gasteiger partial charge in [-0.2, -0.15) is 0 Å². The number of hydrogen-bond acceptors (Lipinski definition) is 2. The van der Waals surface area contributed by atoms with Gasteiger partial charge in [0.2, 0.25) is 5.75 Å². The van der Waals surface area contributed by atoms with E-state index >= 15 is 0 Å². The van der Waals surface area contributed by atoms with Gasteiger partial charge < -0.3 is 4.74 Å². The fourth-order valence-electron chi connectivity index (χ4n) is 0.849. The molecule has 0 aromatic carbocycles. The van der Waals surface area contributed by atoms with Crippen LogP contribution in [-0.4, -0.2) is 4.98 Å². The van der Waals surface area contributed by atoms with Crippen molar-refractivity contribution in [2.45, 2.75) is 13.8 Å². The lowest BCUT2D eigenvalue weighted by atomic mass is 10.2. The largest absolute Gasteiger partial charge is 0.428 e. The van der Waals surface area contributed by atoms with Crippen LogP contribution < -0.4 is 4.74 Å². The highest BCUT2D eigenvalue weighted by atomic mass is 35.5. The van der Waals surface area contributed by atoms with Crippen LogP contribution >= 0.6 is 11.6 Å². The molecule has 1 aliphatic heterocycles. The van der Waals surface area contributed by atoms with E-state index in [-0.39, 0.29) is 0 Å². The van der Waals surface area contributed by atoms with Crippen LogP contribution in [0.25, 0.3) is 0 Å². The Morgan fingerprint density at radius 3 is 2.80 bits per heavy atom. The third-order valence-corrected chi connectivity index (χ3v) is 2.15. The predicted molar refractivity (Wildman–Crippen MR) is 38.8 cm³/mol. The van der Waals surface area contributed by atoms with Gasteiger partial charge in [-0.05, 0) is 19.4 Å². The highest BCUT2D eigenvalue weighted by Gasteiger charge is 2.28. The third-order valence-electron chi connectivity index (χ3n) is 1.69. The zero-order valence-electron chi connectivity index (χ0n) is 5.73. The number of aryl methyl sites for hydroxylation is 1. The van der Waals surface area contributed by atoms with E-state index in [0.29, 0.717) is 10.9 Å². The molecule has 0 unspecified atom stereocenters. The summed E-state index contributed by atoms with van der Waals surface area (Å²) in [7, 11) is 0. The van der Waals surface area contributed by atoms with Gasteiger partial charge >= 0.3 is 0 Å². The first-order chi connectivity index (χ1) is 4.70. The minimum absolute atomic E-state index is 0.688. The summed E-state index contributed by atoms with van der Waals surface area (Å²) in [5.41, 5.74) is 1.96. The fraction of sp³-hybridized carbons (Fsp3) is 0.286. The summed E-state index contributed by atoms with van der Waals surface area (Å²) in [4.78, 5) is 4.12. The van der Waals surface area contributed by atoms with Gasteiger partial charge in [-0.15, -0.1) is 0 Å². The van der Waals surface area contributed by atoms with Crippen LogP contribution in [0.1, 0.15) is 11.3 Å². The number of pyridine rings is 1. The number of hydrogen-bond donors (Lipinski definition) is 0. The summed E-state index contributed by atoms with van der Waals surface area (Å²) in [6.07, 6.45) is 0. The van der Waals surface area contributed by atoms with Crippen LogP contribution in [0.15, 0.2) is 0 Å². The Bertz CT molecular complexity index is 306. The minimum Gasteiger partial charge on any atom is -0.428 e. The average molecular weight is 156 g/mol. The fourth-order valence-corrected chi connectivity index (χ4v) is 1.10. The molecule has 0 N–H and O–H groups in total. The Balaban J connectivity index is 2.73. The van der Waals surface area contributed by atoms with Gasteiger partial charge in [0.15, 0.2) is 0 Å². The van der Waals surface area contributed by atoms with E-state index in [2.05, 4.69) is 4.98 Å². The molecule has 0 radical (unpaired) electrons. The summed E-state index contributed by atoms with van der Waals surface area (Å²) < 4.78 is 4.99. The topological polar surface area (TPSA) is 25.4 Å². The van der Waals surface area contributed by atoms with Crippen molar-refractivity contribution in [2.24, 2.45) is 0 Å². The van der Waals surface area contributed by atoms with Crippen molar-refractivity contribution >= 4 is 11.6 Å². The average Bonchev–Trinajstić information content (AvgIpc) is 2.62. The van der Waals surface area contributed by atoms with Crippen LogP contribution in [0.4, 0.5) is 0 Å². The second-order valence-electron chi connectivity index (χ2n) is 2.37. The van der Waals surface area contributed by atoms with E-state index in [1.807, 2.05) is 13.8 Å². The molecule has 10 heavy (non-hydrogen) atoms. The van der Waals surface area contributed by atoms with E-state index in [0.717, 1.165) is 17.0 Å². The Labute approximate surface area is 63.8 Å². The van der Waals surface area contributed by atoms with Gasteiger partial charge in [0.25, 0.3) is 5.88 Å². The monoisotopic (exact) mass is 155 g/mol. The lowest BCUT2D eigenvalue weighted by Crippen LogP contribution is -1.80. The normalized spacial score (nSPS) is 12.3. The number of fused-ring (bicyclic) bond motifs is 1. The first-order valence-electron chi connectivity index (χ1n) is 3.04. The van der Waals surface area contributed by atoms with E-state index in [1.165, 1.54) is 0 Å². The van der Waals surface area contributed by atoms with Crippen LogP contribution in [0.3, 0.4) is 0 Å². The molecule has 0 fully saturated rings. The summed E-state index contributed by atoms with van der Waals surface area (Å²) in [6.45, 7) is 3.86. The minimum atomic E-state index is 0.688. The number of rotatable bonds is 0. The molecule has 0 saturated heterocycles. The van der Waals surface area contributed by atoms with Crippen molar-refractivity contribution in [3.05, 3.63) is 16.3 Å². The Morgan fingerprint density at radius 2 is 2.10 bits per heavy atom. The molecule has 0 atom stereocenters. The molecule has 1 aromatic heterocycles. The number of ether oxygens (including phenoxy) is 1. The molecule has 0 amide bonds. The molecular weight excluding hydrogens is 150 g/mol. The van der Waals surface area contributed by atoms with Crippen LogP contribution in [0.5, 0.6) is 11.6 Å². The summed E-state index contributed by atoms with van der Waals surface area (Å²) >= 11 is 5.87. The molecular formula is C7H6ClNO. The lowest BCUT2D eigenvalue weighted by molar-refractivity contribution is 0.634.